The Morgan fingerprint density at radius 2 is 2.18 bits per heavy atom. The molecule has 2 heterocycles. The number of allylic oxidation sites excluding steroid dienone is 2. The quantitative estimate of drug-likeness (QED) is 0.818. The first kappa shape index (κ1) is 12.6. The standard InChI is InChI=1S/C17H20N4O/c1-2-3-20-9-18-15-14(16(20)22)21(10-19-15)17-7-11-4-12(8-17)6-13(17)5-11/h5,9-12H,2-4,6-8H2,1H3. The molecule has 4 aliphatic rings. The lowest BCUT2D eigenvalue weighted by Gasteiger charge is -2.34. The SMILES string of the molecule is CCCn1cnc2ncn(C34CC5C=C3CC(C5)C4)c2c1=O. The van der Waals surface area contributed by atoms with Crippen LogP contribution < -0.4 is 5.56 Å². The summed E-state index contributed by atoms with van der Waals surface area (Å²) in [7, 11) is 0. The zero-order chi connectivity index (χ0) is 14.9. The van der Waals surface area contributed by atoms with E-state index in [1.54, 1.807) is 16.5 Å². The lowest BCUT2D eigenvalue weighted by molar-refractivity contribution is 0.227. The van der Waals surface area contributed by atoms with Crippen molar-refractivity contribution in [2.24, 2.45) is 11.8 Å². The summed E-state index contributed by atoms with van der Waals surface area (Å²) in [4.78, 5) is 21.7. The average Bonchev–Trinajstić information content (AvgIpc) is 3.10. The van der Waals surface area contributed by atoms with Crippen molar-refractivity contribution in [1.29, 1.82) is 0 Å². The van der Waals surface area contributed by atoms with Gasteiger partial charge in [0, 0.05) is 6.54 Å². The minimum Gasteiger partial charge on any atom is -0.315 e. The molecule has 6 rings (SSSR count). The summed E-state index contributed by atoms with van der Waals surface area (Å²) in [6.45, 7) is 2.79. The fourth-order valence-electron chi connectivity index (χ4n) is 5.16. The second-order valence-electron chi connectivity index (χ2n) is 7.23. The van der Waals surface area contributed by atoms with Gasteiger partial charge in [0.2, 0.25) is 0 Å². The zero-order valence-corrected chi connectivity index (χ0v) is 12.8. The maximum Gasteiger partial charge on any atom is 0.279 e. The molecule has 0 radical (unpaired) electrons. The van der Waals surface area contributed by atoms with Crippen LogP contribution in [0.15, 0.2) is 29.1 Å². The van der Waals surface area contributed by atoms with Crippen molar-refractivity contribution in [1.82, 2.24) is 19.1 Å². The Hall–Kier alpha value is -1.91. The minimum absolute atomic E-state index is 0.0224. The number of nitrogens with zero attached hydrogens (tertiary/aromatic N) is 4. The fraction of sp³-hybridized carbons (Fsp3) is 0.588. The Kier molecular flexibility index (Phi) is 2.34. The zero-order valence-electron chi connectivity index (χ0n) is 12.8. The van der Waals surface area contributed by atoms with Gasteiger partial charge in [0.15, 0.2) is 11.2 Å². The van der Waals surface area contributed by atoms with E-state index in [9.17, 15) is 4.79 Å². The molecular weight excluding hydrogens is 276 g/mol. The summed E-state index contributed by atoms with van der Waals surface area (Å²) in [6.07, 6.45) is 11.8. The third kappa shape index (κ3) is 1.42. The van der Waals surface area contributed by atoms with Crippen LogP contribution >= 0.6 is 0 Å². The Balaban J connectivity index is 1.75. The van der Waals surface area contributed by atoms with Crippen LogP contribution in [0.1, 0.15) is 39.0 Å². The first-order chi connectivity index (χ1) is 10.7. The minimum atomic E-state index is 0.0224. The van der Waals surface area contributed by atoms with E-state index in [2.05, 4.69) is 27.5 Å². The molecular formula is C17H20N4O. The first-order valence-electron chi connectivity index (χ1n) is 8.35. The lowest BCUT2D eigenvalue weighted by atomic mass is 9.80. The van der Waals surface area contributed by atoms with Crippen molar-refractivity contribution in [3.05, 3.63) is 34.7 Å². The molecule has 5 nitrogen and oxygen atoms in total. The van der Waals surface area contributed by atoms with Gasteiger partial charge in [-0.25, -0.2) is 9.97 Å². The summed E-state index contributed by atoms with van der Waals surface area (Å²) in [6, 6.07) is 0. The van der Waals surface area contributed by atoms with Crippen molar-refractivity contribution in [3.63, 3.8) is 0 Å². The highest BCUT2D eigenvalue weighted by atomic mass is 16.1. The van der Waals surface area contributed by atoms with E-state index < -0.39 is 0 Å². The predicted octanol–water partition coefficient (Wildman–Crippen LogP) is 2.46. The smallest absolute Gasteiger partial charge is 0.279 e. The number of rotatable bonds is 3. The normalized spacial score (nSPS) is 32.1. The van der Waals surface area contributed by atoms with Crippen molar-refractivity contribution in [3.8, 4) is 0 Å². The Morgan fingerprint density at radius 1 is 1.32 bits per heavy atom. The van der Waals surface area contributed by atoms with E-state index in [1.807, 2.05) is 6.33 Å². The molecule has 114 valence electrons. The van der Waals surface area contributed by atoms with Gasteiger partial charge in [-0.2, -0.15) is 0 Å². The maximum atomic E-state index is 12.9. The molecule has 0 spiro atoms. The number of hydrogen-bond acceptors (Lipinski definition) is 3. The van der Waals surface area contributed by atoms with Gasteiger partial charge in [0.05, 0.1) is 11.9 Å². The highest BCUT2D eigenvalue weighted by molar-refractivity contribution is 5.70. The Bertz CT molecular complexity index is 861. The van der Waals surface area contributed by atoms with Gasteiger partial charge in [-0.3, -0.25) is 9.36 Å². The number of aryl methyl sites for hydroxylation is 1. The molecule has 2 fully saturated rings. The van der Waals surface area contributed by atoms with Gasteiger partial charge in [-0.05, 0) is 49.5 Å². The predicted molar refractivity (Wildman–Crippen MR) is 83.6 cm³/mol. The van der Waals surface area contributed by atoms with Gasteiger partial charge < -0.3 is 4.57 Å². The molecule has 5 heteroatoms. The van der Waals surface area contributed by atoms with Crippen LogP contribution in [0.2, 0.25) is 0 Å². The van der Waals surface area contributed by atoms with E-state index >= 15 is 0 Å². The molecule has 0 saturated heterocycles. The van der Waals surface area contributed by atoms with Crippen molar-refractivity contribution >= 4 is 11.2 Å². The maximum absolute atomic E-state index is 12.9. The second kappa shape index (κ2) is 4.09. The number of imidazole rings is 1. The van der Waals surface area contributed by atoms with E-state index in [0.29, 0.717) is 23.6 Å². The molecule has 2 aromatic heterocycles. The van der Waals surface area contributed by atoms with E-state index in [-0.39, 0.29) is 11.1 Å². The summed E-state index contributed by atoms with van der Waals surface area (Å²) in [5.74, 6) is 1.50. The highest BCUT2D eigenvalue weighted by Gasteiger charge is 2.54. The van der Waals surface area contributed by atoms with Crippen molar-refractivity contribution in [2.75, 3.05) is 0 Å². The Labute approximate surface area is 128 Å². The first-order valence-corrected chi connectivity index (χ1v) is 8.35. The number of fused-ring (bicyclic) bond motifs is 1. The second-order valence-corrected chi connectivity index (χ2v) is 7.23. The number of aromatic nitrogens is 4. The molecule has 4 aliphatic carbocycles. The molecule has 4 bridgehead atoms. The lowest BCUT2D eigenvalue weighted by Crippen LogP contribution is -2.35. The summed E-state index contributed by atoms with van der Waals surface area (Å²) >= 11 is 0. The number of hydrogen-bond donors (Lipinski definition) is 0. The summed E-state index contributed by atoms with van der Waals surface area (Å²) in [5, 5.41) is 0. The molecule has 0 aromatic carbocycles. The van der Waals surface area contributed by atoms with Crippen LogP contribution in [-0.2, 0) is 12.1 Å². The van der Waals surface area contributed by atoms with Crippen molar-refractivity contribution < 1.29 is 0 Å². The molecule has 0 aliphatic heterocycles. The highest BCUT2D eigenvalue weighted by Crippen LogP contribution is 2.60. The molecule has 0 amide bonds. The monoisotopic (exact) mass is 296 g/mol. The molecule has 0 N–H and O–H groups in total. The van der Waals surface area contributed by atoms with Crippen LogP contribution in [0.4, 0.5) is 0 Å². The van der Waals surface area contributed by atoms with Gasteiger partial charge >= 0.3 is 0 Å². The third-order valence-electron chi connectivity index (χ3n) is 5.86. The van der Waals surface area contributed by atoms with E-state index in [0.717, 1.165) is 18.8 Å². The Morgan fingerprint density at radius 3 is 3.00 bits per heavy atom. The molecule has 2 aromatic rings. The van der Waals surface area contributed by atoms with Gasteiger partial charge in [-0.15, -0.1) is 0 Å². The van der Waals surface area contributed by atoms with E-state index in [4.69, 9.17) is 0 Å². The molecule has 2 saturated carbocycles. The largest absolute Gasteiger partial charge is 0.315 e. The van der Waals surface area contributed by atoms with E-state index in [1.165, 1.54) is 19.3 Å². The van der Waals surface area contributed by atoms with Gasteiger partial charge in [0.25, 0.3) is 5.56 Å². The summed E-state index contributed by atoms with van der Waals surface area (Å²) < 4.78 is 3.90. The summed E-state index contributed by atoms with van der Waals surface area (Å²) in [5.41, 5.74) is 2.92. The molecule has 3 atom stereocenters. The topological polar surface area (TPSA) is 52.7 Å². The molecule has 22 heavy (non-hydrogen) atoms. The molecule has 3 unspecified atom stereocenters. The van der Waals surface area contributed by atoms with Crippen molar-refractivity contribution in [2.45, 2.75) is 51.1 Å². The van der Waals surface area contributed by atoms with Crippen LogP contribution in [0.25, 0.3) is 11.2 Å². The fourth-order valence-corrected chi connectivity index (χ4v) is 5.16. The third-order valence-corrected chi connectivity index (χ3v) is 5.86. The van der Waals surface area contributed by atoms with Crippen LogP contribution in [0.5, 0.6) is 0 Å². The van der Waals surface area contributed by atoms with Gasteiger partial charge in [-0.1, -0.05) is 13.0 Å². The van der Waals surface area contributed by atoms with Gasteiger partial charge in [0.1, 0.15) is 6.33 Å². The van der Waals surface area contributed by atoms with Crippen LogP contribution in [0.3, 0.4) is 0 Å². The van der Waals surface area contributed by atoms with Crippen LogP contribution in [0, 0.1) is 11.8 Å². The average molecular weight is 296 g/mol. The van der Waals surface area contributed by atoms with Crippen LogP contribution in [-0.4, -0.2) is 19.1 Å².